The Bertz CT molecular complexity index is 1870. The summed E-state index contributed by atoms with van der Waals surface area (Å²) >= 11 is 0. The van der Waals surface area contributed by atoms with Gasteiger partial charge in [-0.05, 0) is 99.4 Å². The van der Waals surface area contributed by atoms with E-state index in [0.717, 1.165) is 33.6 Å². The van der Waals surface area contributed by atoms with Crippen LogP contribution in [0.2, 0.25) is 18.1 Å². The zero-order valence-electron chi connectivity index (χ0n) is 31.5. The number of Topliss-reactive ketones (excluding diaryl/α,β-unsaturated/α-hetero) is 1. The van der Waals surface area contributed by atoms with Crippen molar-refractivity contribution >= 4 is 32.0 Å². The van der Waals surface area contributed by atoms with Crippen LogP contribution < -0.4 is 28.4 Å². The van der Waals surface area contributed by atoms with Gasteiger partial charge in [-0.25, -0.2) is 8.42 Å². The van der Waals surface area contributed by atoms with Gasteiger partial charge < -0.3 is 32.8 Å². The van der Waals surface area contributed by atoms with E-state index in [-0.39, 0.29) is 18.4 Å². The first-order chi connectivity index (χ1) is 23.8. The van der Waals surface area contributed by atoms with Gasteiger partial charge in [0.05, 0.1) is 34.0 Å². The Morgan fingerprint density at radius 3 is 1.90 bits per heavy atom. The molecule has 5 atom stereocenters. The van der Waals surface area contributed by atoms with E-state index in [0.29, 0.717) is 34.3 Å². The van der Waals surface area contributed by atoms with Crippen LogP contribution in [0.4, 0.5) is 0 Å². The van der Waals surface area contributed by atoms with Crippen molar-refractivity contribution in [2.24, 2.45) is 11.8 Å². The number of methoxy groups -OCH3 is 3. The number of rotatable bonds is 12. The van der Waals surface area contributed by atoms with Crippen molar-refractivity contribution in [1.82, 2.24) is 0 Å². The van der Waals surface area contributed by atoms with E-state index in [1.807, 2.05) is 53.5 Å². The Labute approximate surface area is 305 Å². The molecule has 0 bridgehead atoms. The van der Waals surface area contributed by atoms with E-state index in [4.69, 9.17) is 32.8 Å². The molecule has 51 heavy (non-hydrogen) atoms. The van der Waals surface area contributed by atoms with Crippen molar-refractivity contribution in [2.45, 2.75) is 71.7 Å². The minimum absolute atomic E-state index is 0.0486. The van der Waals surface area contributed by atoms with Crippen LogP contribution in [-0.2, 0) is 18.7 Å². The average molecular weight is 759 g/mol. The third-order valence-corrected chi connectivity index (χ3v) is 16.1. The number of fused-ring (bicyclic) bond motifs is 2. The minimum atomic E-state index is -3.81. The first-order valence-corrected chi connectivity index (χ1v) is 23.0. The Morgan fingerprint density at radius 1 is 0.863 bits per heavy atom. The van der Waals surface area contributed by atoms with Crippen molar-refractivity contribution in [3.05, 3.63) is 69.8 Å². The van der Waals surface area contributed by atoms with E-state index >= 15 is 0 Å². The molecular weight excluding hydrogens is 708 g/mol. The van der Waals surface area contributed by atoms with Gasteiger partial charge in [-0.1, -0.05) is 38.5 Å². The predicted octanol–water partition coefficient (Wildman–Crippen LogP) is 7.66. The number of carbonyl (C=O) groups is 1. The second-order valence-corrected chi connectivity index (χ2v) is 23.6. The van der Waals surface area contributed by atoms with Crippen LogP contribution in [-0.4, -0.2) is 63.0 Å². The molecular formula is C38H51O10PSSi. The summed E-state index contributed by atoms with van der Waals surface area (Å²) in [6.07, 6.45) is -0.652. The maximum Gasteiger partial charge on any atom is 0.231 e. The minimum Gasteiger partial charge on any atom is -0.493 e. The first kappa shape index (κ1) is 38.9. The molecule has 1 aliphatic heterocycles. The van der Waals surface area contributed by atoms with E-state index in [1.165, 1.54) is 21.3 Å². The summed E-state index contributed by atoms with van der Waals surface area (Å²) in [5, 5.41) is -0.185. The average Bonchev–Trinajstić information content (AvgIpc) is 3.49. The molecule has 1 aliphatic carbocycles. The lowest BCUT2D eigenvalue weighted by Crippen LogP contribution is -2.49. The lowest BCUT2D eigenvalue weighted by molar-refractivity contribution is -0.125. The fraction of sp³-hybridized carbons (Fsp3) is 0.500. The molecule has 0 amide bonds. The molecule has 0 spiro atoms. The van der Waals surface area contributed by atoms with Gasteiger partial charge in [-0.2, -0.15) is 0 Å². The topological polar surface area (TPSA) is 116 Å². The molecule has 0 N–H and O–H groups in total. The van der Waals surface area contributed by atoms with Crippen molar-refractivity contribution in [3.8, 4) is 34.5 Å². The first-order valence-electron chi connectivity index (χ1n) is 16.9. The van der Waals surface area contributed by atoms with E-state index in [1.54, 1.807) is 0 Å². The van der Waals surface area contributed by atoms with Crippen molar-refractivity contribution in [3.63, 3.8) is 0 Å². The maximum absolute atomic E-state index is 14.7. The molecule has 5 rings (SSSR count). The predicted molar refractivity (Wildman–Crippen MR) is 203 cm³/mol. The molecule has 0 aromatic heterocycles. The summed E-state index contributed by atoms with van der Waals surface area (Å²) in [5.41, 5.74) is 5.29. The van der Waals surface area contributed by atoms with Crippen LogP contribution in [0.1, 0.15) is 66.2 Å². The summed E-state index contributed by atoms with van der Waals surface area (Å²) in [7, 11) is 0.0797. The fourth-order valence-electron chi connectivity index (χ4n) is 7.15. The second-order valence-electron chi connectivity index (χ2n) is 15.1. The van der Waals surface area contributed by atoms with Crippen LogP contribution in [0.5, 0.6) is 34.5 Å². The quantitative estimate of drug-likeness (QED) is 0.135. The van der Waals surface area contributed by atoms with Gasteiger partial charge in [0.2, 0.25) is 12.5 Å². The standard InChI is InChI=1S/C38H51O10PSSi/c1-21-12-22(2)35(23(3)13-21)45-18-27-34(28(39)19-50(40,41)49)33(24-14-31(42-7)37(44-9)32(15-24)43-8)25-16-29-30(47-20-46-29)17-26(25)36(27)48-51(10,11)38(4,5)6/h12-17,27,33-34,36H,18-20,49H2,1-11H3/t27-,33-,34+,36+/m0/s1. The number of ether oxygens (including phenoxy) is 6. The third kappa shape index (κ3) is 7.89. The van der Waals surface area contributed by atoms with Gasteiger partial charge in [0, 0.05) is 17.8 Å². The molecule has 3 aromatic rings. The van der Waals surface area contributed by atoms with Crippen LogP contribution >= 0.6 is 8.44 Å². The molecule has 13 heteroatoms. The molecule has 1 unspecified atom stereocenters. The molecule has 0 saturated heterocycles. The number of ketones is 1. The highest BCUT2D eigenvalue weighted by atomic mass is 32.7. The smallest absolute Gasteiger partial charge is 0.231 e. The van der Waals surface area contributed by atoms with Crippen LogP contribution in [0.3, 0.4) is 0 Å². The van der Waals surface area contributed by atoms with Gasteiger partial charge in [0.1, 0.15) is 11.5 Å². The lowest BCUT2D eigenvalue weighted by Gasteiger charge is -2.48. The van der Waals surface area contributed by atoms with E-state index < -0.39 is 53.2 Å². The number of benzene rings is 3. The Morgan fingerprint density at radius 2 is 1.41 bits per heavy atom. The summed E-state index contributed by atoms with van der Waals surface area (Å²) in [6.45, 7) is 17.0. The normalized spacial score (nSPS) is 20.1. The van der Waals surface area contributed by atoms with Gasteiger partial charge in [-0.3, -0.25) is 4.79 Å². The summed E-state index contributed by atoms with van der Waals surface area (Å²) < 4.78 is 68.7. The Hall–Kier alpha value is -3.31. The van der Waals surface area contributed by atoms with Gasteiger partial charge in [0.15, 0.2) is 46.6 Å². The van der Waals surface area contributed by atoms with E-state index in [2.05, 4.69) is 46.0 Å². The lowest BCUT2D eigenvalue weighted by atomic mass is 9.64. The molecule has 0 fully saturated rings. The third-order valence-electron chi connectivity index (χ3n) is 10.4. The zero-order valence-corrected chi connectivity index (χ0v) is 34.4. The summed E-state index contributed by atoms with van der Waals surface area (Å²) in [4.78, 5) is 14.7. The van der Waals surface area contributed by atoms with Crippen molar-refractivity contribution in [2.75, 3.05) is 40.5 Å². The molecule has 3 aromatic carbocycles. The maximum atomic E-state index is 14.7. The van der Waals surface area contributed by atoms with Crippen LogP contribution in [0, 0.1) is 32.6 Å². The molecule has 278 valence electrons. The van der Waals surface area contributed by atoms with Gasteiger partial charge in [-0.15, -0.1) is 0 Å². The Balaban J connectivity index is 1.84. The fourth-order valence-corrected chi connectivity index (χ4v) is 9.52. The highest BCUT2D eigenvalue weighted by Gasteiger charge is 2.52. The van der Waals surface area contributed by atoms with Crippen molar-refractivity contribution < 1.29 is 46.1 Å². The van der Waals surface area contributed by atoms with Gasteiger partial charge in [0.25, 0.3) is 0 Å². The molecule has 0 radical (unpaired) electrons. The highest BCUT2D eigenvalue weighted by Crippen LogP contribution is 2.57. The molecule has 1 heterocycles. The number of carbonyl (C=O) groups excluding carboxylic acids is 1. The second kappa shape index (κ2) is 14.6. The summed E-state index contributed by atoms with van der Waals surface area (Å²) in [6, 6.07) is 11.6. The summed E-state index contributed by atoms with van der Waals surface area (Å²) in [5.74, 6) is -0.358. The largest absolute Gasteiger partial charge is 0.493 e. The molecule has 2 aliphatic rings. The monoisotopic (exact) mass is 758 g/mol. The van der Waals surface area contributed by atoms with Crippen molar-refractivity contribution in [1.29, 1.82) is 0 Å². The highest BCUT2D eigenvalue weighted by molar-refractivity contribution is 8.37. The SMILES string of the molecule is COc1cc([C@H]2c3cc4c(cc3[C@@H](O[Si](C)(C)C(C)(C)C)[C@@H](COc3c(C)cc(C)cc3C)[C@@H]2C(=O)CS(=O)(=O)P)OCO4)cc(OC)c1OC. The number of hydrogen-bond acceptors (Lipinski definition) is 10. The Kier molecular flexibility index (Phi) is 11.1. The number of hydrogen-bond donors (Lipinski definition) is 0. The molecule has 0 saturated carbocycles. The zero-order chi connectivity index (χ0) is 37.6. The molecule has 10 nitrogen and oxygen atoms in total. The number of aryl methyl sites for hydroxylation is 3. The van der Waals surface area contributed by atoms with Crippen LogP contribution in [0.25, 0.3) is 0 Å². The van der Waals surface area contributed by atoms with Gasteiger partial charge >= 0.3 is 0 Å². The van der Waals surface area contributed by atoms with Crippen LogP contribution in [0.15, 0.2) is 36.4 Å². The van der Waals surface area contributed by atoms with E-state index in [9.17, 15) is 13.2 Å².